The first-order valence-electron chi connectivity index (χ1n) is 5.22. The summed E-state index contributed by atoms with van der Waals surface area (Å²) in [4.78, 5) is 22.4. The fourth-order valence-electron chi connectivity index (χ4n) is 1.67. The van der Waals surface area contributed by atoms with Gasteiger partial charge >= 0.3 is 0 Å². The molecule has 1 aliphatic rings. The molecule has 0 heterocycles. The van der Waals surface area contributed by atoms with Gasteiger partial charge in [-0.3, -0.25) is 9.59 Å². The van der Waals surface area contributed by atoms with Gasteiger partial charge in [-0.15, -0.1) is 0 Å². The summed E-state index contributed by atoms with van der Waals surface area (Å²) in [7, 11) is -3.94. The maximum Gasteiger partial charge on any atom is 0.210 e. The van der Waals surface area contributed by atoms with E-state index in [-0.39, 0.29) is 4.90 Å². The Hall–Kier alpha value is -2.01. The summed E-state index contributed by atoms with van der Waals surface area (Å²) in [5.74, 6) is -1.17. The lowest BCUT2D eigenvalue weighted by atomic mass is 10.2. The van der Waals surface area contributed by atoms with Crippen LogP contribution in [-0.2, 0) is 19.4 Å². The van der Waals surface area contributed by atoms with Crippen molar-refractivity contribution in [1.29, 1.82) is 0 Å². The summed E-state index contributed by atoms with van der Waals surface area (Å²) in [5, 5.41) is 0. The summed E-state index contributed by atoms with van der Waals surface area (Å²) in [6, 6.07) is 6.34. The zero-order valence-electron chi connectivity index (χ0n) is 9.58. The lowest BCUT2D eigenvalue weighted by Gasteiger charge is -2.10. The van der Waals surface area contributed by atoms with E-state index < -0.39 is 26.3 Å². The Morgan fingerprint density at radius 1 is 1.00 bits per heavy atom. The van der Waals surface area contributed by atoms with Crippen molar-refractivity contribution in [2.24, 2.45) is 0 Å². The maximum atomic E-state index is 12.3. The van der Waals surface area contributed by atoms with Gasteiger partial charge in [-0.2, -0.15) is 0 Å². The molecule has 1 aromatic rings. The van der Waals surface area contributed by atoms with Crippen molar-refractivity contribution in [3.05, 3.63) is 53.0 Å². The number of benzene rings is 1. The first-order chi connectivity index (χ1) is 8.43. The standard InChI is InChI=1S/C13H10O4S/c1-9-4-2-3-5-12(9)18(16,17)13-8-10(14)6-7-11(13)15/h2-8H,1H3. The Kier molecular flexibility index (Phi) is 3.00. The lowest BCUT2D eigenvalue weighted by Crippen LogP contribution is -2.17. The molecule has 0 unspecified atom stereocenters. The van der Waals surface area contributed by atoms with Crippen LogP contribution in [0.15, 0.2) is 52.3 Å². The first kappa shape index (κ1) is 12.4. The molecule has 0 fully saturated rings. The number of carbonyl (C=O) groups is 2. The van der Waals surface area contributed by atoms with Crippen molar-refractivity contribution < 1.29 is 18.0 Å². The molecule has 0 spiro atoms. The monoisotopic (exact) mass is 262 g/mol. The molecule has 0 saturated carbocycles. The Morgan fingerprint density at radius 3 is 2.33 bits per heavy atom. The molecule has 0 saturated heterocycles. The van der Waals surface area contributed by atoms with Crippen LogP contribution in [0.5, 0.6) is 0 Å². The van der Waals surface area contributed by atoms with Crippen LogP contribution in [0.1, 0.15) is 5.56 Å². The number of hydrogen-bond acceptors (Lipinski definition) is 4. The SMILES string of the molecule is Cc1ccccc1S(=O)(=O)C1=CC(=O)C=CC1=O. The van der Waals surface area contributed by atoms with Gasteiger partial charge in [-0.25, -0.2) is 8.42 Å². The lowest BCUT2D eigenvalue weighted by molar-refractivity contribution is -0.114. The zero-order valence-corrected chi connectivity index (χ0v) is 10.4. The first-order valence-corrected chi connectivity index (χ1v) is 6.70. The molecule has 2 rings (SSSR count). The third-order valence-corrected chi connectivity index (χ3v) is 4.52. The second kappa shape index (κ2) is 4.34. The van der Waals surface area contributed by atoms with Crippen LogP contribution < -0.4 is 0 Å². The molecule has 0 aliphatic heterocycles. The number of carbonyl (C=O) groups excluding carboxylic acids is 2. The molecular formula is C13H10O4S. The molecule has 1 aliphatic carbocycles. The molecular weight excluding hydrogens is 252 g/mol. The highest BCUT2D eigenvalue weighted by molar-refractivity contribution is 7.96. The largest absolute Gasteiger partial charge is 0.290 e. The van der Waals surface area contributed by atoms with E-state index in [0.29, 0.717) is 5.56 Å². The Labute approximate surface area is 105 Å². The molecule has 0 bridgehead atoms. The summed E-state index contributed by atoms with van der Waals surface area (Å²) in [6.45, 7) is 1.64. The minimum Gasteiger partial charge on any atom is -0.290 e. The topological polar surface area (TPSA) is 68.3 Å². The van der Waals surface area contributed by atoms with Gasteiger partial charge < -0.3 is 0 Å². The predicted molar refractivity (Wildman–Crippen MR) is 65.6 cm³/mol. The molecule has 0 atom stereocenters. The van der Waals surface area contributed by atoms with Gasteiger partial charge in [0.2, 0.25) is 9.84 Å². The number of sulfone groups is 1. The Bertz CT molecular complexity index is 693. The van der Waals surface area contributed by atoms with E-state index in [1.807, 2.05) is 0 Å². The third kappa shape index (κ3) is 2.04. The predicted octanol–water partition coefficient (Wildman–Crippen LogP) is 1.36. The molecule has 0 radical (unpaired) electrons. The average Bonchev–Trinajstić information content (AvgIpc) is 2.32. The maximum absolute atomic E-state index is 12.3. The quantitative estimate of drug-likeness (QED) is 0.755. The molecule has 92 valence electrons. The van der Waals surface area contributed by atoms with Crippen molar-refractivity contribution in [3.63, 3.8) is 0 Å². The van der Waals surface area contributed by atoms with Gasteiger partial charge in [0, 0.05) is 6.08 Å². The highest BCUT2D eigenvalue weighted by Gasteiger charge is 2.29. The van der Waals surface area contributed by atoms with E-state index in [1.165, 1.54) is 6.07 Å². The van der Waals surface area contributed by atoms with Crippen molar-refractivity contribution in [1.82, 2.24) is 0 Å². The van der Waals surface area contributed by atoms with Crippen LogP contribution in [0.2, 0.25) is 0 Å². The second-order valence-corrected chi connectivity index (χ2v) is 5.76. The summed E-state index contributed by atoms with van der Waals surface area (Å²) >= 11 is 0. The van der Waals surface area contributed by atoms with Gasteiger partial charge in [0.1, 0.15) is 4.91 Å². The van der Waals surface area contributed by atoms with Crippen LogP contribution in [0.3, 0.4) is 0 Å². The summed E-state index contributed by atoms with van der Waals surface area (Å²) in [5.41, 5.74) is 0.535. The molecule has 0 N–H and O–H groups in total. The summed E-state index contributed by atoms with van der Waals surface area (Å²) in [6.07, 6.45) is 2.90. The van der Waals surface area contributed by atoms with Crippen molar-refractivity contribution in [2.45, 2.75) is 11.8 Å². The normalized spacial score (nSPS) is 15.7. The molecule has 18 heavy (non-hydrogen) atoms. The molecule has 0 aromatic heterocycles. The van der Waals surface area contributed by atoms with Crippen LogP contribution in [0.25, 0.3) is 0 Å². The fraction of sp³-hybridized carbons (Fsp3) is 0.0769. The van der Waals surface area contributed by atoms with Gasteiger partial charge in [-0.1, -0.05) is 18.2 Å². The second-order valence-electron chi connectivity index (χ2n) is 3.88. The third-order valence-electron chi connectivity index (χ3n) is 2.59. The van der Waals surface area contributed by atoms with E-state index in [9.17, 15) is 18.0 Å². The van der Waals surface area contributed by atoms with Crippen molar-refractivity contribution >= 4 is 21.4 Å². The van der Waals surface area contributed by atoms with Gasteiger partial charge in [0.15, 0.2) is 11.6 Å². The zero-order chi connectivity index (χ0) is 13.3. The summed E-state index contributed by atoms with van der Waals surface area (Å²) < 4.78 is 24.6. The van der Waals surface area contributed by atoms with E-state index in [4.69, 9.17) is 0 Å². The molecule has 4 nitrogen and oxygen atoms in total. The van der Waals surface area contributed by atoms with Crippen molar-refractivity contribution in [3.8, 4) is 0 Å². The van der Waals surface area contributed by atoms with Crippen LogP contribution in [0.4, 0.5) is 0 Å². The minimum atomic E-state index is -3.94. The van der Waals surface area contributed by atoms with E-state index in [1.54, 1.807) is 25.1 Å². The van der Waals surface area contributed by atoms with E-state index in [2.05, 4.69) is 0 Å². The Morgan fingerprint density at radius 2 is 1.67 bits per heavy atom. The van der Waals surface area contributed by atoms with Gasteiger partial charge in [0.25, 0.3) is 0 Å². The highest BCUT2D eigenvalue weighted by Crippen LogP contribution is 2.24. The van der Waals surface area contributed by atoms with Crippen molar-refractivity contribution in [2.75, 3.05) is 0 Å². The van der Waals surface area contributed by atoms with Gasteiger partial charge in [-0.05, 0) is 30.7 Å². The van der Waals surface area contributed by atoms with E-state index in [0.717, 1.165) is 18.2 Å². The number of hydrogen-bond donors (Lipinski definition) is 0. The molecule has 0 amide bonds. The fourth-order valence-corrected chi connectivity index (χ4v) is 3.27. The number of ketones is 2. The van der Waals surface area contributed by atoms with E-state index >= 15 is 0 Å². The van der Waals surface area contributed by atoms with Crippen LogP contribution >= 0.6 is 0 Å². The number of rotatable bonds is 2. The Balaban J connectivity index is 2.61. The molecule has 5 heteroatoms. The average molecular weight is 262 g/mol. The van der Waals surface area contributed by atoms with Crippen LogP contribution in [0, 0.1) is 6.92 Å². The van der Waals surface area contributed by atoms with Gasteiger partial charge in [0.05, 0.1) is 4.90 Å². The molecule has 1 aromatic carbocycles. The minimum absolute atomic E-state index is 0.0488. The number of allylic oxidation sites excluding steroid dienone is 4. The highest BCUT2D eigenvalue weighted by atomic mass is 32.2. The smallest absolute Gasteiger partial charge is 0.210 e. The van der Waals surface area contributed by atoms with Crippen LogP contribution in [-0.4, -0.2) is 20.0 Å². The number of aryl methyl sites for hydroxylation is 1.